The number of hydrogen-bond donors (Lipinski definition) is 2. The molecule has 7 heteroatoms. The first-order valence-electron chi connectivity index (χ1n) is 4.43. The summed E-state index contributed by atoms with van der Waals surface area (Å²) in [6.07, 6.45) is 5.32. The number of aromatic amines is 1. The van der Waals surface area contributed by atoms with Crippen LogP contribution < -0.4 is 21.8 Å². The fourth-order valence-corrected chi connectivity index (χ4v) is 1.62. The molecule has 0 aromatic carbocycles. The number of allylic oxidation sites excluding steroid dienone is 1. The maximum absolute atomic E-state index is 11.7. The molecule has 0 saturated heterocycles. The molecule has 6 nitrogen and oxygen atoms in total. The van der Waals surface area contributed by atoms with Crippen molar-refractivity contribution in [3.8, 4) is 0 Å². The Morgan fingerprint density at radius 1 is 1.60 bits per heavy atom. The van der Waals surface area contributed by atoms with Gasteiger partial charge in [-0.15, -0.1) is 11.8 Å². The minimum absolute atomic E-state index is 0.130. The van der Waals surface area contributed by atoms with Crippen molar-refractivity contribution in [2.75, 3.05) is 6.26 Å². The molecule has 1 aliphatic rings. The van der Waals surface area contributed by atoms with Crippen LogP contribution in [0.3, 0.4) is 0 Å². The average molecular weight is 225 g/mol. The molecule has 0 radical (unpaired) electrons. The van der Waals surface area contributed by atoms with Gasteiger partial charge in [-0.1, -0.05) is 6.08 Å². The number of thioether (sulfide) groups is 1. The van der Waals surface area contributed by atoms with E-state index in [2.05, 4.69) is 20.6 Å². The van der Waals surface area contributed by atoms with Gasteiger partial charge in [-0.2, -0.15) is 5.10 Å². The van der Waals surface area contributed by atoms with E-state index >= 15 is 0 Å². The van der Waals surface area contributed by atoms with E-state index in [0.29, 0.717) is 10.8 Å². The van der Waals surface area contributed by atoms with Crippen LogP contribution >= 0.6 is 11.8 Å². The molecule has 0 aliphatic carbocycles. The minimum Gasteiger partial charge on any atom is -0.276 e. The highest BCUT2D eigenvalue weighted by Crippen LogP contribution is 2.02. The lowest BCUT2D eigenvalue weighted by atomic mass is 10.6. The van der Waals surface area contributed by atoms with Gasteiger partial charge >= 0.3 is 5.56 Å². The smallest absolute Gasteiger partial charge is 0.276 e. The summed E-state index contributed by atoms with van der Waals surface area (Å²) in [7, 11) is 0. The zero-order valence-corrected chi connectivity index (χ0v) is 9.21. The van der Waals surface area contributed by atoms with Crippen molar-refractivity contribution in [2.45, 2.75) is 12.4 Å². The Balaban J connectivity index is 2.64. The number of nitrogens with one attached hydrogen (secondary N) is 2. The van der Waals surface area contributed by atoms with Gasteiger partial charge in [-0.25, -0.2) is 9.67 Å². The van der Waals surface area contributed by atoms with Crippen molar-refractivity contribution in [2.24, 2.45) is 10.1 Å². The fraction of sp³-hybridized carbons (Fsp3) is 0.375. The maximum Gasteiger partial charge on any atom is 0.300 e. The monoisotopic (exact) mass is 225 g/mol. The molecular weight excluding hydrogens is 214 g/mol. The second-order valence-electron chi connectivity index (χ2n) is 2.92. The molecule has 0 bridgehead atoms. The lowest BCUT2D eigenvalue weighted by Crippen LogP contribution is -2.43. The van der Waals surface area contributed by atoms with Crippen LogP contribution in [0.25, 0.3) is 6.20 Å². The third kappa shape index (κ3) is 1.70. The maximum atomic E-state index is 11.7. The van der Waals surface area contributed by atoms with E-state index in [1.807, 2.05) is 13.2 Å². The summed E-state index contributed by atoms with van der Waals surface area (Å²) in [5.41, 5.74) is 2.98. The van der Waals surface area contributed by atoms with E-state index in [0.717, 1.165) is 0 Å². The number of rotatable bonds is 2. The van der Waals surface area contributed by atoms with E-state index in [9.17, 15) is 4.79 Å². The molecule has 1 unspecified atom stereocenters. The number of fused-ring (bicyclic) bond motifs is 1. The number of aromatic nitrogens is 2. The van der Waals surface area contributed by atoms with Crippen molar-refractivity contribution >= 4 is 18.0 Å². The summed E-state index contributed by atoms with van der Waals surface area (Å²) in [6, 6.07) is 0. The van der Waals surface area contributed by atoms with Gasteiger partial charge in [0.15, 0.2) is 16.3 Å². The number of H-pyrrole nitrogens is 1. The van der Waals surface area contributed by atoms with Crippen LogP contribution in [0.5, 0.6) is 0 Å². The highest BCUT2D eigenvalue weighted by Gasteiger charge is 2.11. The van der Waals surface area contributed by atoms with Crippen LogP contribution in [-0.4, -0.2) is 21.5 Å². The second-order valence-corrected chi connectivity index (χ2v) is 3.84. The van der Waals surface area contributed by atoms with Crippen molar-refractivity contribution in [3.63, 3.8) is 0 Å². The molecule has 80 valence electrons. The summed E-state index contributed by atoms with van der Waals surface area (Å²) < 4.78 is 1.36. The van der Waals surface area contributed by atoms with E-state index in [4.69, 9.17) is 0 Å². The Bertz CT molecular complexity index is 555. The van der Waals surface area contributed by atoms with Gasteiger partial charge in [0, 0.05) is 6.20 Å². The molecule has 2 heterocycles. The molecule has 0 spiro atoms. The Labute approximate surface area is 89.8 Å². The van der Waals surface area contributed by atoms with Crippen molar-refractivity contribution < 1.29 is 0 Å². The fourth-order valence-electron chi connectivity index (χ4n) is 1.25. The normalized spacial score (nSPS) is 19.2. The Morgan fingerprint density at radius 3 is 3.07 bits per heavy atom. The molecule has 0 amide bonds. The first-order chi connectivity index (χ1) is 7.26. The highest BCUT2D eigenvalue weighted by molar-refractivity contribution is 7.99. The molecule has 2 N–H and O–H groups in total. The summed E-state index contributed by atoms with van der Waals surface area (Å²) in [5, 5.41) is 7.19. The third-order valence-electron chi connectivity index (χ3n) is 1.93. The SMILES string of the molecule is CC=Cn1[nH]c2c(c1=O)=NNC(SC)N=2. The minimum atomic E-state index is -0.195. The Hall–Kier alpha value is -1.50. The summed E-state index contributed by atoms with van der Waals surface area (Å²) in [6.45, 7) is 1.84. The number of hydrogen-bond acceptors (Lipinski definition) is 5. The first-order valence-corrected chi connectivity index (χ1v) is 5.72. The van der Waals surface area contributed by atoms with Gasteiger partial charge < -0.3 is 0 Å². The molecule has 1 aromatic heterocycles. The van der Waals surface area contributed by atoms with Crippen LogP contribution in [0.4, 0.5) is 0 Å². The lowest BCUT2D eigenvalue weighted by molar-refractivity contribution is 0.643. The third-order valence-corrected chi connectivity index (χ3v) is 2.58. The molecular formula is C8H11N5OS. The van der Waals surface area contributed by atoms with Crippen LogP contribution in [0.15, 0.2) is 21.0 Å². The van der Waals surface area contributed by atoms with Gasteiger partial charge in [0.1, 0.15) is 0 Å². The summed E-state index contributed by atoms with van der Waals surface area (Å²) in [5.74, 6) is 0. The molecule has 2 rings (SSSR count). The van der Waals surface area contributed by atoms with E-state index in [-0.39, 0.29) is 11.1 Å². The zero-order valence-electron chi connectivity index (χ0n) is 8.39. The Morgan fingerprint density at radius 2 is 2.40 bits per heavy atom. The molecule has 1 aliphatic heterocycles. The lowest BCUT2D eigenvalue weighted by Gasteiger charge is -2.08. The zero-order chi connectivity index (χ0) is 10.8. The molecule has 0 fully saturated rings. The molecule has 15 heavy (non-hydrogen) atoms. The van der Waals surface area contributed by atoms with E-state index in [1.54, 1.807) is 12.3 Å². The quantitative estimate of drug-likeness (QED) is 0.683. The standard InChI is InChI=1S/C8H11N5OS/c1-3-4-13-7(14)5-6(12-13)9-8(15-2)11-10-5/h3-4,8,11H,1-2H3,(H,9,12). The predicted octanol–water partition coefficient (Wildman–Crippen LogP) is -0.929. The molecule has 1 atom stereocenters. The van der Waals surface area contributed by atoms with Crippen LogP contribution in [-0.2, 0) is 0 Å². The van der Waals surface area contributed by atoms with Gasteiger partial charge in [0.25, 0.3) is 0 Å². The highest BCUT2D eigenvalue weighted by atomic mass is 32.2. The molecule has 0 saturated carbocycles. The van der Waals surface area contributed by atoms with Crippen LogP contribution in [0.2, 0.25) is 0 Å². The predicted molar refractivity (Wildman–Crippen MR) is 58.8 cm³/mol. The van der Waals surface area contributed by atoms with E-state index in [1.165, 1.54) is 16.4 Å². The van der Waals surface area contributed by atoms with Gasteiger partial charge in [0.2, 0.25) is 0 Å². The topological polar surface area (TPSA) is 74.5 Å². The van der Waals surface area contributed by atoms with Gasteiger partial charge in [0.05, 0.1) is 0 Å². The van der Waals surface area contributed by atoms with E-state index < -0.39 is 0 Å². The summed E-state index contributed by atoms with van der Waals surface area (Å²) >= 11 is 1.52. The first kappa shape index (κ1) is 10.0. The second kappa shape index (κ2) is 3.93. The van der Waals surface area contributed by atoms with Crippen molar-refractivity contribution in [3.05, 3.63) is 27.3 Å². The Kier molecular flexibility index (Phi) is 2.63. The summed E-state index contributed by atoms with van der Waals surface area (Å²) in [4.78, 5) is 16.0. The van der Waals surface area contributed by atoms with Gasteiger partial charge in [-0.3, -0.25) is 15.3 Å². The van der Waals surface area contributed by atoms with Crippen molar-refractivity contribution in [1.29, 1.82) is 0 Å². The average Bonchev–Trinajstić information content (AvgIpc) is 2.56. The molecule has 1 aromatic rings. The van der Waals surface area contributed by atoms with Crippen molar-refractivity contribution in [1.82, 2.24) is 15.2 Å². The van der Waals surface area contributed by atoms with Gasteiger partial charge in [-0.05, 0) is 13.2 Å². The van der Waals surface area contributed by atoms with Crippen LogP contribution in [0, 0.1) is 0 Å². The largest absolute Gasteiger partial charge is 0.300 e. The number of nitrogens with zero attached hydrogens (tertiary/aromatic N) is 3. The van der Waals surface area contributed by atoms with Crippen LogP contribution in [0.1, 0.15) is 6.92 Å².